The van der Waals surface area contributed by atoms with E-state index in [1.54, 1.807) is 32.0 Å². The number of benzene rings is 1. The second-order valence-electron chi connectivity index (χ2n) is 4.69. The van der Waals surface area contributed by atoms with Gasteiger partial charge in [0.2, 0.25) is 0 Å². The first-order valence-corrected chi connectivity index (χ1v) is 5.79. The van der Waals surface area contributed by atoms with Gasteiger partial charge in [-0.25, -0.2) is 4.79 Å². The summed E-state index contributed by atoms with van der Waals surface area (Å²) in [6.07, 6.45) is 0. The van der Waals surface area contributed by atoms with E-state index in [0.29, 0.717) is 11.3 Å². The zero-order valence-corrected chi connectivity index (χ0v) is 10.4. The summed E-state index contributed by atoms with van der Waals surface area (Å²) in [7, 11) is 0. The van der Waals surface area contributed by atoms with Crippen molar-refractivity contribution in [3.8, 4) is 0 Å². The summed E-state index contributed by atoms with van der Waals surface area (Å²) in [6, 6.07) is 6.18. The van der Waals surface area contributed by atoms with E-state index in [1.165, 1.54) is 4.90 Å². The fourth-order valence-corrected chi connectivity index (χ4v) is 2.29. The summed E-state index contributed by atoms with van der Waals surface area (Å²) in [4.78, 5) is 24.9. The molecule has 0 spiro atoms. The van der Waals surface area contributed by atoms with E-state index in [4.69, 9.17) is 0 Å². The first-order valence-electron chi connectivity index (χ1n) is 5.79. The highest BCUT2D eigenvalue weighted by Crippen LogP contribution is 2.34. The van der Waals surface area contributed by atoms with E-state index in [0.717, 1.165) is 5.56 Å². The lowest BCUT2D eigenvalue weighted by molar-refractivity contribution is -0.142. The summed E-state index contributed by atoms with van der Waals surface area (Å²) in [5, 5.41) is 9.28. The lowest BCUT2D eigenvalue weighted by Crippen LogP contribution is -2.44. The summed E-state index contributed by atoms with van der Waals surface area (Å²) in [5.41, 5.74) is 1.71. The minimum atomic E-state index is -1.01. The van der Waals surface area contributed by atoms with Gasteiger partial charge in [0.15, 0.2) is 0 Å². The molecule has 1 unspecified atom stereocenters. The molecule has 0 bridgehead atoms. The van der Waals surface area contributed by atoms with Crippen molar-refractivity contribution in [1.29, 1.82) is 0 Å². The molecular formula is C14H15NO3. The van der Waals surface area contributed by atoms with Crippen LogP contribution >= 0.6 is 0 Å². The monoisotopic (exact) mass is 245 g/mol. The molecule has 4 nitrogen and oxygen atoms in total. The predicted octanol–water partition coefficient (Wildman–Crippen LogP) is 2.22. The molecule has 1 atom stereocenters. The van der Waals surface area contributed by atoms with Crippen LogP contribution in [0.15, 0.2) is 30.8 Å². The summed E-state index contributed by atoms with van der Waals surface area (Å²) >= 11 is 0. The third-order valence-electron chi connectivity index (χ3n) is 3.14. The van der Waals surface area contributed by atoms with E-state index in [1.807, 2.05) is 6.07 Å². The Hall–Kier alpha value is -2.10. The van der Waals surface area contributed by atoms with Crippen molar-refractivity contribution in [2.24, 2.45) is 5.92 Å². The largest absolute Gasteiger partial charge is 0.480 e. The minimum absolute atomic E-state index is 0.183. The Morgan fingerprint density at radius 3 is 2.28 bits per heavy atom. The van der Waals surface area contributed by atoms with Gasteiger partial charge in [-0.3, -0.25) is 9.69 Å². The highest BCUT2D eigenvalue weighted by molar-refractivity contribution is 6.10. The molecule has 0 aliphatic carbocycles. The zero-order valence-electron chi connectivity index (χ0n) is 10.4. The highest BCUT2D eigenvalue weighted by atomic mass is 16.4. The van der Waals surface area contributed by atoms with Gasteiger partial charge >= 0.3 is 5.97 Å². The molecule has 1 aromatic rings. The third kappa shape index (κ3) is 1.70. The quantitative estimate of drug-likeness (QED) is 0.888. The molecule has 1 amide bonds. The number of fused-ring (bicyclic) bond motifs is 1. The van der Waals surface area contributed by atoms with E-state index < -0.39 is 12.0 Å². The van der Waals surface area contributed by atoms with Crippen LogP contribution in [0.5, 0.6) is 0 Å². The van der Waals surface area contributed by atoms with Crippen LogP contribution in [0.4, 0.5) is 0 Å². The third-order valence-corrected chi connectivity index (χ3v) is 3.14. The van der Waals surface area contributed by atoms with Crippen molar-refractivity contribution in [2.45, 2.75) is 19.9 Å². The number of hydrogen-bond acceptors (Lipinski definition) is 2. The van der Waals surface area contributed by atoms with Crippen LogP contribution in [0.1, 0.15) is 29.8 Å². The van der Waals surface area contributed by atoms with Gasteiger partial charge in [0, 0.05) is 16.8 Å². The van der Waals surface area contributed by atoms with Crippen LogP contribution in [-0.2, 0) is 4.79 Å². The van der Waals surface area contributed by atoms with Crippen molar-refractivity contribution in [3.05, 3.63) is 42.0 Å². The molecule has 4 heteroatoms. The van der Waals surface area contributed by atoms with Crippen molar-refractivity contribution in [2.75, 3.05) is 0 Å². The average Bonchev–Trinajstić information content (AvgIpc) is 2.55. The molecule has 0 fully saturated rings. The number of rotatable bonds is 3. The van der Waals surface area contributed by atoms with Crippen molar-refractivity contribution in [1.82, 2.24) is 4.90 Å². The van der Waals surface area contributed by atoms with Gasteiger partial charge in [0.05, 0.1) is 0 Å². The SMILES string of the molecule is C=C1c2ccccc2C(=O)N1C(C(=O)O)C(C)C. The normalized spacial score (nSPS) is 16.1. The molecule has 0 saturated heterocycles. The summed E-state index contributed by atoms with van der Waals surface area (Å²) < 4.78 is 0. The lowest BCUT2D eigenvalue weighted by Gasteiger charge is -2.28. The lowest BCUT2D eigenvalue weighted by atomic mass is 10.0. The van der Waals surface area contributed by atoms with Crippen LogP contribution in [-0.4, -0.2) is 27.9 Å². The maximum absolute atomic E-state index is 12.3. The van der Waals surface area contributed by atoms with Gasteiger partial charge in [-0.1, -0.05) is 38.6 Å². The molecule has 18 heavy (non-hydrogen) atoms. The van der Waals surface area contributed by atoms with Gasteiger partial charge in [0.1, 0.15) is 6.04 Å². The van der Waals surface area contributed by atoms with Gasteiger partial charge < -0.3 is 5.11 Å². The zero-order chi connectivity index (χ0) is 13.4. The Balaban J connectivity index is 2.47. The van der Waals surface area contributed by atoms with Crippen LogP contribution in [0.2, 0.25) is 0 Å². The Labute approximate surface area is 106 Å². The smallest absolute Gasteiger partial charge is 0.327 e. The number of carbonyl (C=O) groups excluding carboxylic acids is 1. The van der Waals surface area contributed by atoms with E-state index >= 15 is 0 Å². The van der Waals surface area contributed by atoms with Gasteiger partial charge in [0.25, 0.3) is 5.91 Å². The maximum Gasteiger partial charge on any atom is 0.327 e. The first-order chi connectivity index (χ1) is 8.45. The van der Waals surface area contributed by atoms with Gasteiger partial charge in [-0.2, -0.15) is 0 Å². The fraction of sp³-hybridized carbons (Fsp3) is 0.286. The Morgan fingerprint density at radius 2 is 1.83 bits per heavy atom. The van der Waals surface area contributed by atoms with Crippen LogP contribution < -0.4 is 0 Å². The molecule has 1 aliphatic heterocycles. The molecule has 1 heterocycles. The Bertz CT molecular complexity index is 499. The number of aliphatic carboxylic acids is 1. The highest BCUT2D eigenvalue weighted by Gasteiger charge is 2.40. The summed E-state index contributed by atoms with van der Waals surface area (Å²) in [6.45, 7) is 7.42. The van der Waals surface area contributed by atoms with E-state index in [9.17, 15) is 14.7 Å². The Kier molecular flexibility index (Phi) is 2.95. The van der Waals surface area contributed by atoms with Crippen molar-refractivity contribution >= 4 is 17.6 Å². The molecule has 94 valence electrons. The molecule has 2 rings (SSSR count). The molecule has 0 saturated carbocycles. The number of nitrogens with zero attached hydrogens (tertiary/aromatic N) is 1. The van der Waals surface area contributed by atoms with Crippen molar-refractivity contribution < 1.29 is 14.7 Å². The summed E-state index contributed by atoms with van der Waals surface area (Å²) in [5.74, 6) is -1.47. The second kappa shape index (κ2) is 4.29. The van der Waals surface area contributed by atoms with Gasteiger partial charge in [-0.15, -0.1) is 0 Å². The number of carboxylic acid groups (broad SMARTS) is 1. The molecule has 0 radical (unpaired) electrons. The maximum atomic E-state index is 12.3. The minimum Gasteiger partial charge on any atom is -0.480 e. The van der Waals surface area contributed by atoms with Gasteiger partial charge in [-0.05, 0) is 12.0 Å². The predicted molar refractivity (Wildman–Crippen MR) is 67.9 cm³/mol. The fourth-order valence-electron chi connectivity index (χ4n) is 2.29. The molecule has 0 aromatic heterocycles. The van der Waals surface area contributed by atoms with E-state index in [2.05, 4.69) is 6.58 Å². The standard InChI is InChI=1S/C14H15NO3/c1-8(2)12(14(17)18)15-9(3)10-6-4-5-7-11(10)13(15)16/h4-8,12H,3H2,1-2H3,(H,17,18). The van der Waals surface area contributed by atoms with Crippen LogP contribution in [0.25, 0.3) is 5.70 Å². The molecular weight excluding hydrogens is 230 g/mol. The first kappa shape index (κ1) is 12.4. The number of carbonyl (C=O) groups is 2. The number of hydrogen-bond donors (Lipinski definition) is 1. The number of amides is 1. The van der Waals surface area contributed by atoms with Crippen LogP contribution in [0.3, 0.4) is 0 Å². The Morgan fingerprint density at radius 1 is 1.28 bits per heavy atom. The molecule has 1 N–H and O–H groups in total. The van der Waals surface area contributed by atoms with Crippen LogP contribution in [0, 0.1) is 5.92 Å². The topological polar surface area (TPSA) is 57.6 Å². The number of carboxylic acids is 1. The van der Waals surface area contributed by atoms with Crippen molar-refractivity contribution in [3.63, 3.8) is 0 Å². The molecule has 1 aromatic carbocycles. The average molecular weight is 245 g/mol. The second-order valence-corrected chi connectivity index (χ2v) is 4.69. The van der Waals surface area contributed by atoms with E-state index in [-0.39, 0.29) is 11.8 Å². The molecule has 1 aliphatic rings.